The fourth-order valence-electron chi connectivity index (χ4n) is 4.26. The van der Waals surface area contributed by atoms with Crippen LogP contribution in [0.15, 0.2) is 113 Å². The van der Waals surface area contributed by atoms with E-state index in [0.717, 1.165) is 10.6 Å². The maximum Gasteiger partial charge on any atom is 0.339 e. The molecule has 0 bridgehead atoms. The van der Waals surface area contributed by atoms with Gasteiger partial charge in [0.05, 0.1) is 17.1 Å². The van der Waals surface area contributed by atoms with Crippen molar-refractivity contribution in [3.63, 3.8) is 0 Å². The number of nitrogens with two attached hydrogens (primary N) is 1. The minimum Gasteiger partial charge on any atom is -0.457 e. The second kappa shape index (κ2) is 9.17. The monoisotopic (exact) mass is 506 g/mol. The van der Waals surface area contributed by atoms with E-state index in [9.17, 15) is 14.0 Å². The van der Waals surface area contributed by atoms with Crippen molar-refractivity contribution in [2.24, 2.45) is 0 Å². The number of fused-ring (bicyclic) bond motifs is 1. The second-order valence-electron chi connectivity index (χ2n) is 8.34. The second-order valence-corrected chi connectivity index (χ2v) is 8.34. The molecule has 2 N–H and O–H groups in total. The van der Waals surface area contributed by atoms with Gasteiger partial charge in [-0.1, -0.05) is 24.3 Å². The summed E-state index contributed by atoms with van der Waals surface area (Å²) in [7, 11) is 0. The molecule has 3 aromatic heterocycles. The van der Waals surface area contributed by atoms with Crippen molar-refractivity contribution in [2.45, 2.75) is 0 Å². The molecule has 6 rings (SSSR count). The van der Waals surface area contributed by atoms with Crippen molar-refractivity contribution in [2.75, 3.05) is 5.73 Å². The van der Waals surface area contributed by atoms with Gasteiger partial charge in [0.1, 0.15) is 23.3 Å². The zero-order valence-electron chi connectivity index (χ0n) is 19.7. The molecule has 0 unspecified atom stereocenters. The molecule has 0 atom stereocenters. The van der Waals surface area contributed by atoms with Crippen LogP contribution in [0.25, 0.3) is 28.2 Å². The topological polar surface area (TPSA) is 110 Å². The van der Waals surface area contributed by atoms with Gasteiger partial charge in [0.25, 0.3) is 5.56 Å². The van der Waals surface area contributed by atoms with Crippen molar-refractivity contribution in [1.29, 1.82) is 0 Å². The zero-order valence-corrected chi connectivity index (χ0v) is 19.7. The molecule has 0 amide bonds. The summed E-state index contributed by atoms with van der Waals surface area (Å²) in [5, 5.41) is 0. The molecule has 0 aliphatic carbocycles. The highest BCUT2D eigenvalue weighted by atomic mass is 19.1. The van der Waals surface area contributed by atoms with Crippen LogP contribution in [0.3, 0.4) is 0 Å². The van der Waals surface area contributed by atoms with E-state index in [1.807, 2.05) is 30.3 Å². The average molecular weight is 506 g/mol. The van der Waals surface area contributed by atoms with Gasteiger partial charge in [-0.2, -0.15) is 0 Å². The molecule has 9 nitrogen and oxygen atoms in total. The first-order valence-corrected chi connectivity index (χ1v) is 11.6. The Morgan fingerprint density at radius 3 is 2.26 bits per heavy atom. The first-order chi connectivity index (χ1) is 18.5. The summed E-state index contributed by atoms with van der Waals surface area (Å²) in [5.41, 5.74) is 6.87. The van der Waals surface area contributed by atoms with Gasteiger partial charge in [-0.05, 0) is 66.7 Å². The van der Waals surface area contributed by atoms with Crippen molar-refractivity contribution in [3.05, 3.63) is 130 Å². The van der Waals surface area contributed by atoms with Crippen LogP contribution in [0, 0.1) is 5.82 Å². The van der Waals surface area contributed by atoms with E-state index in [1.54, 1.807) is 48.5 Å². The van der Waals surface area contributed by atoms with Crippen LogP contribution in [0.1, 0.15) is 0 Å². The average Bonchev–Trinajstić information content (AvgIpc) is 3.24. The number of imidazole rings is 1. The lowest BCUT2D eigenvalue weighted by molar-refractivity contribution is 0.482. The molecule has 0 aliphatic rings. The maximum absolute atomic E-state index is 13.9. The van der Waals surface area contributed by atoms with E-state index in [0.29, 0.717) is 34.1 Å². The first-order valence-electron chi connectivity index (χ1n) is 11.6. The van der Waals surface area contributed by atoms with Crippen LogP contribution in [0.5, 0.6) is 11.5 Å². The minimum atomic E-state index is -0.883. The lowest BCUT2D eigenvalue weighted by Gasteiger charge is -2.09. The van der Waals surface area contributed by atoms with Gasteiger partial charge in [-0.15, -0.1) is 0 Å². The first kappa shape index (κ1) is 22.9. The highest BCUT2D eigenvalue weighted by Crippen LogP contribution is 2.26. The van der Waals surface area contributed by atoms with Gasteiger partial charge in [0.2, 0.25) is 0 Å². The number of nitrogens with zero attached hydrogens (tertiary/aromatic N) is 5. The Kier molecular flexibility index (Phi) is 5.53. The predicted molar refractivity (Wildman–Crippen MR) is 141 cm³/mol. The highest BCUT2D eigenvalue weighted by molar-refractivity contribution is 5.85. The molecular formula is C28H19FN6O3. The van der Waals surface area contributed by atoms with Crippen molar-refractivity contribution in [1.82, 2.24) is 23.7 Å². The van der Waals surface area contributed by atoms with Gasteiger partial charge < -0.3 is 10.5 Å². The van der Waals surface area contributed by atoms with E-state index in [2.05, 4.69) is 9.97 Å². The number of halogens is 1. The van der Waals surface area contributed by atoms with Crippen molar-refractivity contribution < 1.29 is 9.13 Å². The molecular weight excluding hydrogens is 487 g/mol. The van der Waals surface area contributed by atoms with Crippen LogP contribution in [0.2, 0.25) is 0 Å². The SMILES string of the molecule is Nc1ncnc2c1n(-c1ccc(Oc3ccccc3)cc1)c(=O)n2-c1cccc(-n2cccc(F)c2=O)c1. The number of para-hydroxylation sites is 1. The molecule has 186 valence electrons. The third kappa shape index (κ3) is 3.90. The molecule has 0 saturated carbocycles. The van der Waals surface area contributed by atoms with Gasteiger partial charge in [-0.25, -0.2) is 23.7 Å². The maximum atomic E-state index is 13.9. The van der Waals surface area contributed by atoms with Gasteiger partial charge >= 0.3 is 5.69 Å². The van der Waals surface area contributed by atoms with E-state index in [1.165, 1.54) is 27.7 Å². The van der Waals surface area contributed by atoms with E-state index >= 15 is 0 Å². The summed E-state index contributed by atoms with van der Waals surface area (Å²) in [4.78, 5) is 34.6. The molecule has 0 spiro atoms. The normalized spacial score (nSPS) is 11.1. The molecule has 0 fully saturated rings. The third-order valence-electron chi connectivity index (χ3n) is 5.99. The van der Waals surface area contributed by atoms with Gasteiger partial charge in [0.15, 0.2) is 17.3 Å². The van der Waals surface area contributed by atoms with Gasteiger partial charge in [0, 0.05) is 6.20 Å². The summed E-state index contributed by atoms with van der Waals surface area (Å²) in [6.07, 6.45) is 2.73. The third-order valence-corrected chi connectivity index (χ3v) is 5.99. The highest BCUT2D eigenvalue weighted by Gasteiger charge is 2.20. The molecule has 6 aromatic rings. The van der Waals surface area contributed by atoms with Crippen LogP contribution >= 0.6 is 0 Å². The molecule has 0 radical (unpaired) electrons. The van der Waals surface area contributed by atoms with E-state index in [-0.39, 0.29) is 11.5 Å². The van der Waals surface area contributed by atoms with Crippen LogP contribution in [0.4, 0.5) is 10.2 Å². The number of ether oxygens (including phenoxy) is 1. The lowest BCUT2D eigenvalue weighted by atomic mass is 10.2. The fourth-order valence-corrected chi connectivity index (χ4v) is 4.26. The number of benzene rings is 3. The van der Waals surface area contributed by atoms with Crippen molar-refractivity contribution >= 4 is 17.0 Å². The number of pyridine rings is 1. The smallest absolute Gasteiger partial charge is 0.339 e. The number of anilines is 1. The molecule has 3 aromatic carbocycles. The number of hydrogen-bond acceptors (Lipinski definition) is 6. The molecule has 0 aliphatic heterocycles. The summed E-state index contributed by atoms with van der Waals surface area (Å²) in [6, 6.07) is 25.4. The number of nitrogen functional groups attached to an aromatic ring is 1. The zero-order chi connectivity index (χ0) is 26.2. The largest absolute Gasteiger partial charge is 0.457 e. The molecule has 3 heterocycles. The van der Waals surface area contributed by atoms with Crippen LogP contribution in [-0.4, -0.2) is 23.7 Å². The van der Waals surface area contributed by atoms with Crippen molar-refractivity contribution in [3.8, 4) is 28.6 Å². The number of hydrogen-bond donors (Lipinski definition) is 1. The Morgan fingerprint density at radius 2 is 1.47 bits per heavy atom. The lowest BCUT2D eigenvalue weighted by Crippen LogP contribution is -2.23. The van der Waals surface area contributed by atoms with E-state index < -0.39 is 17.1 Å². The Balaban J connectivity index is 1.49. The summed E-state index contributed by atoms with van der Waals surface area (Å²) < 4.78 is 23.7. The quantitative estimate of drug-likeness (QED) is 0.375. The predicted octanol–water partition coefficient (Wildman–Crippen LogP) is 4.24. The molecule has 38 heavy (non-hydrogen) atoms. The number of aromatic nitrogens is 5. The fraction of sp³-hybridized carbons (Fsp3) is 0. The van der Waals surface area contributed by atoms with E-state index in [4.69, 9.17) is 10.5 Å². The van der Waals surface area contributed by atoms with Crippen LogP contribution < -0.4 is 21.7 Å². The molecule has 0 saturated heterocycles. The minimum absolute atomic E-state index is 0.118. The number of rotatable bonds is 5. The summed E-state index contributed by atoms with van der Waals surface area (Å²) >= 11 is 0. The Morgan fingerprint density at radius 1 is 0.737 bits per heavy atom. The summed E-state index contributed by atoms with van der Waals surface area (Å²) in [6.45, 7) is 0. The van der Waals surface area contributed by atoms with Crippen LogP contribution in [-0.2, 0) is 0 Å². The Hall–Kier alpha value is -5.51. The standard InChI is InChI=1S/C28H19FN6O3/c29-23-10-5-15-33(27(23)36)19-6-4-7-20(16-19)35-26-24(25(30)31-17-32-26)34(28(35)37)18-11-13-22(14-12-18)38-21-8-2-1-3-9-21/h1-17H,(H2,30,31,32). The molecule has 10 heteroatoms. The Bertz CT molecular complexity index is 1910. The summed E-state index contributed by atoms with van der Waals surface area (Å²) in [5.74, 6) is 0.512. The Labute approximate surface area is 214 Å². The van der Waals surface area contributed by atoms with Gasteiger partial charge in [-0.3, -0.25) is 13.9 Å².